The van der Waals surface area contributed by atoms with Gasteiger partial charge in [-0.15, -0.1) is 0 Å². The van der Waals surface area contributed by atoms with Crippen LogP contribution in [0.5, 0.6) is 0 Å². The number of hydrogen-bond acceptors (Lipinski definition) is 10. The molecule has 2 amide bonds. The molecule has 318 valence electrons. The number of aromatic amines is 2. The summed E-state index contributed by atoms with van der Waals surface area (Å²) in [5.41, 5.74) is 19.5. The zero-order valence-electron chi connectivity index (χ0n) is 34.6. The van der Waals surface area contributed by atoms with Crippen molar-refractivity contribution < 1.29 is 28.7 Å². The van der Waals surface area contributed by atoms with Gasteiger partial charge in [-0.3, -0.25) is 9.59 Å². The van der Waals surface area contributed by atoms with Gasteiger partial charge in [-0.05, 0) is 48.2 Å². The van der Waals surface area contributed by atoms with E-state index in [1.54, 1.807) is 0 Å². The summed E-state index contributed by atoms with van der Waals surface area (Å²) >= 11 is 0. The van der Waals surface area contributed by atoms with Gasteiger partial charge in [0.2, 0.25) is 11.8 Å². The van der Waals surface area contributed by atoms with Crippen LogP contribution in [-0.2, 0) is 54.6 Å². The van der Waals surface area contributed by atoms with E-state index in [1.165, 1.54) is 58.1 Å². The van der Waals surface area contributed by atoms with Crippen molar-refractivity contribution in [2.45, 2.75) is 64.7 Å². The van der Waals surface area contributed by atoms with E-state index >= 15 is 0 Å². The van der Waals surface area contributed by atoms with E-state index in [2.05, 4.69) is 83.0 Å². The number of H-pyrrole nitrogens is 2. The summed E-state index contributed by atoms with van der Waals surface area (Å²) in [4.78, 5) is 56.2. The van der Waals surface area contributed by atoms with E-state index in [1.807, 2.05) is 60.9 Å². The predicted octanol–water partition coefficient (Wildman–Crippen LogP) is 6.82. The summed E-state index contributed by atoms with van der Waals surface area (Å²) < 4.78 is 9.82. The molecule has 0 fully saturated rings. The number of fused-ring (bicyclic) bond motifs is 2. The van der Waals surface area contributed by atoms with Crippen molar-refractivity contribution in [2.24, 2.45) is 11.5 Å². The van der Waals surface area contributed by atoms with Gasteiger partial charge in [0, 0.05) is 84.5 Å². The van der Waals surface area contributed by atoms with Gasteiger partial charge in [0.15, 0.2) is 0 Å². The number of para-hydroxylation sites is 2. The van der Waals surface area contributed by atoms with Gasteiger partial charge < -0.3 is 41.5 Å². The maximum Gasteiger partial charge on any atom is 0.328 e. The van der Waals surface area contributed by atoms with Gasteiger partial charge >= 0.3 is 11.9 Å². The topological polar surface area (TPSA) is 194 Å². The van der Waals surface area contributed by atoms with Gasteiger partial charge in [0.25, 0.3) is 0 Å². The molecule has 4 aromatic carbocycles. The molecular weight excluding hydrogens is 797 g/mol. The number of esters is 2. The van der Waals surface area contributed by atoms with E-state index < -0.39 is 24.0 Å². The fourth-order valence-electron chi connectivity index (χ4n) is 6.08. The minimum atomic E-state index is -0.796. The Morgan fingerprint density at radius 2 is 0.950 bits per heavy atom. The quantitative estimate of drug-likeness (QED) is 0.0322. The molecule has 0 radical (unpaired) electrons. The molecular formula is C46H56N6O6S2. The van der Waals surface area contributed by atoms with Crippen LogP contribution >= 0.6 is 21.6 Å². The van der Waals surface area contributed by atoms with Crippen molar-refractivity contribution in [3.8, 4) is 0 Å². The minimum Gasteiger partial charge on any atom is -0.467 e. The number of nitrogens with two attached hydrogens (primary N) is 2. The SMILES string of the molecule is COC(=O)[C@H](Cc1c[nH]c2ccccc12)NC(=O)CCSSCCC(=O)N[C@@H](Cc1c[nH]c2ccccc12)C(=O)OC.Cc1ccc(CN)cc1.Cc1ccc(CN)cc1. The zero-order valence-corrected chi connectivity index (χ0v) is 36.3. The van der Waals surface area contributed by atoms with Crippen LogP contribution < -0.4 is 22.1 Å². The summed E-state index contributed by atoms with van der Waals surface area (Å²) in [5, 5.41) is 7.56. The van der Waals surface area contributed by atoms with Crippen molar-refractivity contribution in [1.82, 2.24) is 20.6 Å². The van der Waals surface area contributed by atoms with Crippen LogP contribution in [0.15, 0.2) is 109 Å². The van der Waals surface area contributed by atoms with E-state index in [9.17, 15) is 19.2 Å². The molecule has 0 spiro atoms. The number of aryl methyl sites for hydroxylation is 2. The highest BCUT2D eigenvalue weighted by molar-refractivity contribution is 8.76. The number of carbonyl (C=O) groups is 4. The predicted molar refractivity (Wildman–Crippen MR) is 244 cm³/mol. The highest BCUT2D eigenvalue weighted by atomic mass is 33.1. The van der Waals surface area contributed by atoms with Gasteiger partial charge in [-0.2, -0.15) is 0 Å². The molecule has 0 saturated heterocycles. The molecule has 6 rings (SSSR count). The van der Waals surface area contributed by atoms with E-state index in [-0.39, 0.29) is 24.7 Å². The molecule has 6 aromatic rings. The molecule has 2 heterocycles. The van der Waals surface area contributed by atoms with Gasteiger partial charge in [0.05, 0.1) is 14.2 Å². The first kappa shape index (κ1) is 47.1. The number of carbonyl (C=O) groups excluding carboxylic acids is 4. The number of nitrogens with one attached hydrogen (secondary N) is 4. The first-order valence-corrected chi connectivity index (χ1v) is 22.1. The molecule has 2 aromatic heterocycles. The lowest BCUT2D eigenvalue weighted by atomic mass is 10.0. The second kappa shape index (κ2) is 25.2. The molecule has 0 saturated carbocycles. The maximum atomic E-state index is 12.6. The lowest BCUT2D eigenvalue weighted by molar-refractivity contribution is -0.145. The van der Waals surface area contributed by atoms with Crippen molar-refractivity contribution in [1.29, 1.82) is 0 Å². The van der Waals surface area contributed by atoms with Gasteiger partial charge in [-0.25, -0.2) is 9.59 Å². The average Bonchev–Trinajstić information content (AvgIpc) is 3.88. The molecule has 0 bridgehead atoms. The number of amides is 2. The lowest BCUT2D eigenvalue weighted by Gasteiger charge is -2.16. The standard InChI is InChI=1S/C30H34N4O6S2.2C8H11N/c1-39-29(37)25(15-19-17-31-23-9-5-3-7-21(19)23)33-27(35)11-13-41-42-14-12-28(36)34-26(30(38)40-2)16-20-18-32-24-10-6-4-8-22(20)24;2*1-7-2-4-8(6-9)5-3-7/h3-10,17-18,25-26,31-32H,11-16H2,1-2H3,(H,33,35)(H,34,36);2*2-5H,6,9H2,1H3/t25-,26-;;/m0../s1. The minimum absolute atomic E-state index is 0.209. The number of ether oxygens (including phenoxy) is 2. The number of hydrogen-bond donors (Lipinski definition) is 6. The van der Waals surface area contributed by atoms with Crippen LogP contribution in [-0.4, -0.2) is 71.5 Å². The molecule has 0 unspecified atom stereocenters. The molecule has 14 heteroatoms. The fourth-order valence-corrected chi connectivity index (χ4v) is 8.06. The first-order chi connectivity index (χ1) is 29.0. The molecule has 8 N–H and O–H groups in total. The summed E-state index contributed by atoms with van der Waals surface area (Å²) in [7, 11) is 5.53. The van der Waals surface area contributed by atoms with E-state index in [4.69, 9.17) is 20.9 Å². The fraction of sp³-hybridized carbons (Fsp3) is 0.304. The molecule has 0 aliphatic rings. The van der Waals surface area contributed by atoms with E-state index in [0.29, 0.717) is 37.4 Å². The molecule has 2 atom stereocenters. The van der Waals surface area contributed by atoms with Crippen LogP contribution in [0.25, 0.3) is 21.8 Å². The van der Waals surface area contributed by atoms with Crippen LogP contribution in [0.3, 0.4) is 0 Å². The van der Waals surface area contributed by atoms with Crippen LogP contribution in [0.2, 0.25) is 0 Å². The number of methoxy groups -OCH3 is 2. The second-order valence-corrected chi connectivity index (χ2v) is 16.6. The molecule has 0 aliphatic heterocycles. The molecule has 0 aliphatic carbocycles. The van der Waals surface area contributed by atoms with E-state index in [0.717, 1.165) is 32.9 Å². The van der Waals surface area contributed by atoms with Crippen molar-refractivity contribution >= 4 is 67.1 Å². The van der Waals surface area contributed by atoms with Crippen molar-refractivity contribution in [2.75, 3.05) is 25.7 Å². The van der Waals surface area contributed by atoms with Crippen LogP contribution in [0, 0.1) is 13.8 Å². The Kier molecular flexibility index (Phi) is 19.8. The summed E-state index contributed by atoms with van der Waals surface area (Å²) in [6, 6.07) is 30.4. The second-order valence-electron chi connectivity index (χ2n) is 13.9. The monoisotopic (exact) mass is 852 g/mol. The number of benzene rings is 4. The van der Waals surface area contributed by atoms with Crippen molar-refractivity contribution in [3.63, 3.8) is 0 Å². The Morgan fingerprint density at radius 1 is 0.583 bits per heavy atom. The normalized spacial score (nSPS) is 11.6. The lowest BCUT2D eigenvalue weighted by Crippen LogP contribution is -2.43. The third-order valence-electron chi connectivity index (χ3n) is 9.46. The smallest absolute Gasteiger partial charge is 0.328 e. The largest absolute Gasteiger partial charge is 0.467 e. The molecule has 60 heavy (non-hydrogen) atoms. The Morgan fingerprint density at radius 3 is 1.30 bits per heavy atom. The summed E-state index contributed by atoms with van der Waals surface area (Å²) in [5.74, 6) is -0.508. The molecule has 12 nitrogen and oxygen atoms in total. The maximum absolute atomic E-state index is 12.6. The highest BCUT2D eigenvalue weighted by Gasteiger charge is 2.24. The average molecular weight is 853 g/mol. The summed E-state index contributed by atoms with van der Waals surface area (Å²) in [6.45, 7) is 5.42. The Bertz CT molecular complexity index is 2100. The highest BCUT2D eigenvalue weighted by Crippen LogP contribution is 2.24. The third-order valence-corrected chi connectivity index (χ3v) is 11.9. The van der Waals surface area contributed by atoms with Crippen LogP contribution in [0.4, 0.5) is 0 Å². The Balaban J connectivity index is 0.000000359. The Hall–Kier alpha value is -5.54. The number of aromatic nitrogens is 2. The van der Waals surface area contributed by atoms with Gasteiger partial charge in [-0.1, -0.05) is 118 Å². The number of rotatable bonds is 17. The third kappa shape index (κ3) is 15.2. The van der Waals surface area contributed by atoms with Gasteiger partial charge in [0.1, 0.15) is 12.1 Å². The van der Waals surface area contributed by atoms with Crippen LogP contribution in [0.1, 0.15) is 46.2 Å². The summed E-state index contributed by atoms with van der Waals surface area (Å²) in [6.07, 6.45) is 4.72. The Labute approximate surface area is 359 Å². The van der Waals surface area contributed by atoms with Crippen molar-refractivity contribution in [3.05, 3.63) is 143 Å². The first-order valence-electron chi connectivity index (χ1n) is 19.6. The zero-order chi connectivity index (χ0) is 43.3.